The second-order valence-corrected chi connectivity index (χ2v) is 4.70. The van der Waals surface area contributed by atoms with Gasteiger partial charge >= 0.3 is 0 Å². The molecule has 0 fully saturated rings. The summed E-state index contributed by atoms with van der Waals surface area (Å²) in [5.74, 6) is 0. The number of aliphatic hydroxyl groups excluding tert-OH is 1. The molecule has 0 spiro atoms. The first-order valence-corrected chi connectivity index (χ1v) is 6.57. The molecule has 1 rings (SSSR count). The molecule has 92 valence electrons. The predicted molar refractivity (Wildman–Crippen MR) is 73.1 cm³/mol. The molecule has 17 heavy (non-hydrogen) atoms. The molecular formula is C13H17BrN2O. The molecule has 0 radical (unpaired) electrons. The van der Waals surface area contributed by atoms with E-state index in [0.29, 0.717) is 12.1 Å². The summed E-state index contributed by atoms with van der Waals surface area (Å²) in [6.07, 6.45) is 2.21. The lowest BCUT2D eigenvalue weighted by atomic mass is 10.2. The molecule has 1 aromatic rings. The number of rotatable bonds is 6. The Bertz CT molecular complexity index is 401. The minimum atomic E-state index is 0.135. The quantitative estimate of drug-likeness (QED) is 0.878. The molecule has 3 nitrogen and oxygen atoms in total. The highest BCUT2D eigenvalue weighted by molar-refractivity contribution is 9.10. The number of hydrogen-bond acceptors (Lipinski definition) is 3. The van der Waals surface area contributed by atoms with Crippen molar-refractivity contribution in [1.82, 2.24) is 0 Å². The Hall–Kier alpha value is -1.05. The summed E-state index contributed by atoms with van der Waals surface area (Å²) < 4.78 is 0.904. The Morgan fingerprint density at radius 3 is 2.71 bits per heavy atom. The van der Waals surface area contributed by atoms with Gasteiger partial charge in [0.2, 0.25) is 0 Å². The molecule has 0 amide bonds. The van der Waals surface area contributed by atoms with Crippen molar-refractivity contribution >= 4 is 21.6 Å². The Kier molecular flexibility index (Phi) is 6.03. The molecule has 0 heterocycles. The Labute approximate surface area is 111 Å². The summed E-state index contributed by atoms with van der Waals surface area (Å²) >= 11 is 3.48. The van der Waals surface area contributed by atoms with Crippen molar-refractivity contribution in [3.8, 4) is 6.07 Å². The molecule has 0 bridgehead atoms. The Morgan fingerprint density at radius 1 is 1.41 bits per heavy atom. The molecule has 0 aliphatic rings. The smallest absolute Gasteiger partial charge is 0.0992 e. The summed E-state index contributed by atoms with van der Waals surface area (Å²) in [7, 11) is 0. The second-order valence-electron chi connectivity index (χ2n) is 3.84. The maximum absolute atomic E-state index is 9.08. The molecule has 0 atom stereocenters. The van der Waals surface area contributed by atoms with Gasteiger partial charge < -0.3 is 10.0 Å². The zero-order chi connectivity index (χ0) is 12.7. The van der Waals surface area contributed by atoms with E-state index in [1.54, 1.807) is 6.07 Å². The van der Waals surface area contributed by atoms with E-state index in [9.17, 15) is 0 Å². The summed E-state index contributed by atoms with van der Waals surface area (Å²) in [4.78, 5) is 2.13. The van der Waals surface area contributed by atoms with E-state index in [1.807, 2.05) is 12.1 Å². The Morgan fingerprint density at radius 2 is 2.18 bits per heavy atom. The van der Waals surface area contributed by atoms with Crippen molar-refractivity contribution in [1.29, 1.82) is 5.26 Å². The van der Waals surface area contributed by atoms with Crippen molar-refractivity contribution < 1.29 is 5.11 Å². The van der Waals surface area contributed by atoms with Crippen LogP contribution in [0.5, 0.6) is 0 Å². The number of halogens is 1. The van der Waals surface area contributed by atoms with Crippen LogP contribution in [0.2, 0.25) is 0 Å². The van der Waals surface area contributed by atoms with Crippen LogP contribution in [-0.2, 0) is 0 Å². The third-order valence-electron chi connectivity index (χ3n) is 2.57. The minimum Gasteiger partial charge on any atom is -0.395 e. The summed E-state index contributed by atoms with van der Waals surface area (Å²) in [5, 5.41) is 17.9. The third-order valence-corrected chi connectivity index (χ3v) is 3.20. The fourth-order valence-electron chi connectivity index (χ4n) is 1.66. The van der Waals surface area contributed by atoms with Gasteiger partial charge in [-0.1, -0.05) is 13.3 Å². The molecule has 0 unspecified atom stereocenters. The van der Waals surface area contributed by atoms with Crippen LogP contribution >= 0.6 is 15.9 Å². The second kappa shape index (κ2) is 7.31. The molecule has 0 aliphatic heterocycles. The van der Waals surface area contributed by atoms with E-state index in [4.69, 9.17) is 10.4 Å². The van der Waals surface area contributed by atoms with Gasteiger partial charge in [-0.3, -0.25) is 0 Å². The van der Waals surface area contributed by atoms with Gasteiger partial charge in [-0.2, -0.15) is 5.26 Å². The lowest BCUT2D eigenvalue weighted by Gasteiger charge is -2.25. The summed E-state index contributed by atoms with van der Waals surface area (Å²) in [6.45, 7) is 3.81. The van der Waals surface area contributed by atoms with Gasteiger partial charge in [0.1, 0.15) is 0 Å². The zero-order valence-corrected chi connectivity index (χ0v) is 11.6. The first-order valence-electron chi connectivity index (χ1n) is 5.78. The minimum absolute atomic E-state index is 0.135. The molecule has 4 heteroatoms. The van der Waals surface area contributed by atoms with E-state index in [2.05, 4.69) is 33.8 Å². The molecule has 0 aliphatic carbocycles. The lowest BCUT2D eigenvalue weighted by Crippen LogP contribution is -2.28. The van der Waals surface area contributed by atoms with Crippen LogP contribution in [-0.4, -0.2) is 24.8 Å². The van der Waals surface area contributed by atoms with Crippen molar-refractivity contribution in [3.05, 3.63) is 28.2 Å². The van der Waals surface area contributed by atoms with Gasteiger partial charge in [0.25, 0.3) is 0 Å². The largest absolute Gasteiger partial charge is 0.395 e. The highest BCUT2D eigenvalue weighted by Gasteiger charge is 2.09. The molecular weight excluding hydrogens is 280 g/mol. The fraction of sp³-hybridized carbons (Fsp3) is 0.462. The Balaban J connectivity index is 2.89. The molecule has 0 saturated heterocycles. The molecule has 1 aromatic carbocycles. The topological polar surface area (TPSA) is 47.3 Å². The van der Waals surface area contributed by atoms with Gasteiger partial charge in [0, 0.05) is 17.6 Å². The number of nitriles is 1. The van der Waals surface area contributed by atoms with Gasteiger partial charge in [-0.15, -0.1) is 0 Å². The number of nitrogens with zero attached hydrogens (tertiary/aromatic N) is 2. The summed E-state index contributed by atoms with van der Waals surface area (Å²) in [6, 6.07) is 7.65. The zero-order valence-electron chi connectivity index (χ0n) is 9.99. The average Bonchev–Trinajstić information content (AvgIpc) is 2.34. The van der Waals surface area contributed by atoms with Gasteiger partial charge in [0.15, 0.2) is 0 Å². The maximum atomic E-state index is 9.08. The SMILES string of the molecule is CCCCN(CCO)c1ccc(C#N)cc1Br. The number of anilines is 1. The number of hydrogen-bond donors (Lipinski definition) is 1. The summed E-state index contributed by atoms with van der Waals surface area (Å²) in [5.41, 5.74) is 1.67. The van der Waals surface area contributed by atoms with E-state index in [-0.39, 0.29) is 6.61 Å². The molecule has 0 aromatic heterocycles. The first kappa shape index (κ1) is 14.0. The average molecular weight is 297 g/mol. The van der Waals surface area contributed by atoms with Gasteiger partial charge in [-0.25, -0.2) is 0 Å². The first-order chi connectivity index (χ1) is 8.22. The fourth-order valence-corrected chi connectivity index (χ4v) is 2.28. The normalized spacial score (nSPS) is 10.0. The van der Waals surface area contributed by atoms with Crippen molar-refractivity contribution in [2.45, 2.75) is 19.8 Å². The van der Waals surface area contributed by atoms with Gasteiger partial charge in [0.05, 0.1) is 23.9 Å². The monoisotopic (exact) mass is 296 g/mol. The highest BCUT2D eigenvalue weighted by atomic mass is 79.9. The lowest BCUT2D eigenvalue weighted by molar-refractivity contribution is 0.301. The van der Waals surface area contributed by atoms with Crippen molar-refractivity contribution in [3.63, 3.8) is 0 Å². The van der Waals surface area contributed by atoms with Crippen LogP contribution in [0.1, 0.15) is 25.3 Å². The van der Waals surface area contributed by atoms with Crippen molar-refractivity contribution in [2.75, 3.05) is 24.6 Å². The number of aliphatic hydroxyl groups is 1. The van der Waals surface area contributed by atoms with Crippen LogP contribution in [0.15, 0.2) is 22.7 Å². The van der Waals surface area contributed by atoms with E-state index >= 15 is 0 Å². The van der Waals surface area contributed by atoms with E-state index in [0.717, 1.165) is 29.5 Å². The molecule has 0 saturated carbocycles. The van der Waals surface area contributed by atoms with Crippen LogP contribution < -0.4 is 4.90 Å². The van der Waals surface area contributed by atoms with Crippen LogP contribution in [0.3, 0.4) is 0 Å². The van der Waals surface area contributed by atoms with Crippen LogP contribution in [0.4, 0.5) is 5.69 Å². The van der Waals surface area contributed by atoms with Crippen molar-refractivity contribution in [2.24, 2.45) is 0 Å². The third kappa shape index (κ3) is 4.03. The van der Waals surface area contributed by atoms with E-state index in [1.165, 1.54) is 0 Å². The predicted octanol–water partition coefficient (Wildman–Crippen LogP) is 2.92. The van der Waals surface area contributed by atoms with Crippen LogP contribution in [0.25, 0.3) is 0 Å². The van der Waals surface area contributed by atoms with Gasteiger partial charge in [-0.05, 0) is 40.5 Å². The standard InChI is InChI=1S/C13H17BrN2O/c1-2-3-6-16(7-8-17)13-5-4-11(10-15)9-12(13)14/h4-5,9,17H,2-3,6-8H2,1H3. The molecule has 1 N–H and O–H groups in total. The highest BCUT2D eigenvalue weighted by Crippen LogP contribution is 2.27. The number of benzene rings is 1. The number of unbranched alkanes of at least 4 members (excludes halogenated alkanes) is 1. The van der Waals surface area contributed by atoms with Crippen LogP contribution in [0, 0.1) is 11.3 Å². The maximum Gasteiger partial charge on any atom is 0.0992 e. The van der Waals surface area contributed by atoms with E-state index < -0.39 is 0 Å².